The topological polar surface area (TPSA) is 61.4 Å². The van der Waals surface area contributed by atoms with Crippen LogP contribution < -0.4 is 10.6 Å². The van der Waals surface area contributed by atoms with E-state index in [0.717, 1.165) is 43.9 Å². The van der Waals surface area contributed by atoms with Crippen molar-refractivity contribution in [2.75, 3.05) is 6.54 Å². The van der Waals surface area contributed by atoms with E-state index in [4.69, 9.17) is 0 Å². The average Bonchev–Trinajstić information content (AvgIpc) is 3.30. The quantitative estimate of drug-likeness (QED) is 0.746. The van der Waals surface area contributed by atoms with E-state index in [1.165, 1.54) is 32.1 Å². The van der Waals surface area contributed by atoms with Gasteiger partial charge in [-0.3, -0.25) is 0 Å². The fraction of sp³-hybridized carbons (Fsp3) is 0.941. The third kappa shape index (κ3) is 4.60. The lowest BCUT2D eigenvalue weighted by molar-refractivity contribution is 0.101. The normalized spacial score (nSPS) is 37.0. The number of amides is 2. The summed E-state index contributed by atoms with van der Waals surface area (Å²) >= 11 is 0. The largest absolute Gasteiger partial charge is 0.393 e. The number of urea groups is 1. The third-order valence-corrected chi connectivity index (χ3v) is 5.65. The number of nitrogens with one attached hydrogen (secondary N) is 2. The number of hydrogen-bond donors (Lipinski definition) is 3. The highest BCUT2D eigenvalue weighted by atomic mass is 16.3. The number of carbonyl (C=O) groups is 1. The number of aliphatic hydroxyl groups excluding tert-OH is 1. The Morgan fingerprint density at radius 2 is 1.76 bits per heavy atom. The SMILES string of the molecule is O=C(NCC1CCCC(O)C1)NC1CCCC(C2CC2)C1. The first kappa shape index (κ1) is 15.1. The highest BCUT2D eigenvalue weighted by molar-refractivity contribution is 5.74. The van der Waals surface area contributed by atoms with E-state index in [1.54, 1.807) is 0 Å². The van der Waals surface area contributed by atoms with Gasteiger partial charge in [-0.2, -0.15) is 0 Å². The molecule has 3 aliphatic carbocycles. The smallest absolute Gasteiger partial charge is 0.315 e. The summed E-state index contributed by atoms with van der Waals surface area (Å²) in [4.78, 5) is 12.0. The summed E-state index contributed by atoms with van der Waals surface area (Å²) < 4.78 is 0. The van der Waals surface area contributed by atoms with Gasteiger partial charge >= 0.3 is 6.03 Å². The number of hydrogen-bond acceptors (Lipinski definition) is 2. The first-order chi connectivity index (χ1) is 10.2. The lowest BCUT2D eigenvalue weighted by Crippen LogP contribution is -2.46. The van der Waals surface area contributed by atoms with Crippen LogP contribution in [-0.4, -0.2) is 29.8 Å². The highest BCUT2D eigenvalue weighted by Gasteiger charge is 2.35. The summed E-state index contributed by atoms with van der Waals surface area (Å²) in [7, 11) is 0. The molecule has 0 aliphatic heterocycles. The van der Waals surface area contributed by atoms with E-state index < -0.39 is 0 Å². The molecule has 4 heteroatoms. The minimum absolute atomic E-state index is 0.00323. The van der Waals surface area contributed by atoms with E-state index in [2.05, 4.69) is 10.6 Å². The van der Waals surface area contributed by atoms with Crippen molar-refractivity contribution in [3.63, 3.8) is 0 Å². The molecule has 21 heavy (non-hydrogen) atoms. The van der Waals surface area contributed by atoms with Gasteiger partial charge in [-0.25, -0.2) is 4.79 Å². The van der Waals surface area contributed by atoms with Crippen LogP contribution >= 0.6 is 0 Å². The van der Waals surface area contributed by atoms with Crippen molar-refractivity contribution < 1.29 is 9.90 Å². The van der Waals surface area contributed by atoms with E-state index in [0.29, 0.717) is 18.5 Å². The van der Waals surface area contributed by atoms with Crippen molar-refractivity contribution in [1.29, 1.82) is 0 Å². The maximum absolute atomic E-state index is 12.0. The first-order valence-corrected chi connectivity index (χ1v) is 8.93. The van der Waals surface area contributed by atoms with Crippen LogP contribution in [-0.2, 0) is 0 Å². The first-order valence-electron chi connectivity index (χ1n) is 8.93. The van der Waals surface area contributed by atoms with Gasteiger partial charge in [-0.05, 0) is 62.7 Å². The molecule has 0 heterocycles. The Balaban J connectivity index is 1.35. The molecule has 3 N–H and O–H groups in total. The molecule has 0 aromatic rings. The molecule has 4 unspecified atom stereocenters. The number of carbonyl (C=O) groups excluding carboxylic acids is 1. The summed E-state index contributed by atoms with van der Waals surface area (Å²) in [6.07, 6.45) is 11.6. The third-order valence-electron chi connectivity index (χ3n) is 5.65. The molecule has 0 radical (unpaired) electrons. The fourth-order valence-electron chi connectivity index (χ4n) is 4.28. The van der Waals surface area contributed by atoms with Crippen LogP contribution in [0.1, 0.15) is 64.2 Å². The monoisotopic (exact) mass is 294 g/mol. The van der Waals surface area contributed by atoms with Crippen LogP contribution in [0, 0.1) is 17.8 Å². The molecule has 2 amide bonds. The number of aliphatic hydroxyl groups is 1. The van der Waals surface area contributed by atoms with Crippen molar-refractivity contribution >= 4 is 6.03 Å². The van der Waals surface area contributed by atoms with Crippen molar-refractivity contribution in [1.82, 2.24) is 10.6 Å². The van der Waals surface area contributed by atoms with Crippen molar-refractivity contribution in [2.45, 2.75) is 76.4 Å². The van der Waals surface area contributed by atoms with E-state index in [9.17, 15) is 9.90 Å². The Bertz CT molecular complexity index is 357. The number of rotatable bonds is 4. The molecule has 3 aliphatic rings. The Labute approximate surface area is 128 Å². The maximum atomic E-state index is 12.0. The standard InChI is InChI=1S/C17H30N2O2/c20-16-6-1-3-12(9-16)11-18-17(21)19-15-5-2-4-14(10-15)13-7-8-13/h12-16,20H,1-11H2,(H2,18,19,21). The zero-order chi connectivity index (χ0) is 14.7. The van der Waals surface area contributed by atoms with Gasteiger partial charge in [0.05, 0.1) is 6.10 Å². The minimum atomic E-state index is -0.161. The molecule has 3 saturated carbocycles. The molecule has 4 atom stereocenters. The molecule has 0 aromatic heterocycles. The summed E-state index contributed by atoms with van der Waals surface area (Å²) in [5, 5.41) is 15.9. The van der Waals surface area contributed by atoms with Crippen molar-refractivity contribution in [3.8, 4) is 0 Å². The van der Waals surface area contributed by atoms with Gasteiger partial charge < -0.3 is 15.7 Å². The Morgan fingerprint density at radius 3 is 2.52 bits per heavy atom. The summed E-state index contributed by atoms with van der Waals surface area (Å²) in [6.45, 7) is 0.710. The van der Waals surface area contributed by atoms with E-state index in [-0.39, 0.29) is 12.1 Å². The lowest BCUT2D eigenvalue weighted by atomic mass is 9.83. The molecule has 4 nitrogen and oxygen atoms in total. The Hall–Kier alpha value is -0.770. The Morgan fingerprint density at radius 1 is 0.952 bits per heavy atom. The van der Waals surface area contributed by atoms with Gasteiger partial charge in [0.1, 0.15) is 0 Å². The van der Waals surface area contributed by atoms with Crippen molar-refractivity contribution in [2.24, 2.45) is 17.8 Å². The highest BCUT2D eigenvalue weighted by Crippen LogP contribution is 2.43. The molecule has 0 saturated heterocycles. The van der Waals surface area contributed by atoms with Gasteiger partial charge in [0.2, 0.25) is 0 Å². The van der Waals surface area contributed by atoms with Gasteiger partial charge in [-0.1, -0.05) is 19.3 Å². The second-order valence-corrected chi connectivity index (χ2v) is 7.50. The molecule has 0 aromatic carbocycles. The zero-order valence-electron chi connectivity index (χ0n) is 13.0. The summed E-state index contributed by atoms with van der Waals surface area (Å²) in [6, 6.07) is 0.373. The predicted octanol–water partition coefficient (Wildman–Crippen LogP) is 2.81. The Kier molecular flexibility index (Phi) is 5.04. The predicted molar refractivity (Wildman–Crippen MR) is 83.0 cm³/mol. The van der Waals surface area contributed by atoms with Gasteiger partial charge in [-0.15, -0.1) is 0 Å². The van der Waals surface area contributed by atoms with Crippen LogP contribution in [0.25, 0.3) is 0 Å². The second kappa shape index (κ2) is 6.99. The van der Waals surface area contributed by atoms with Crippen LogP contribution in [0.15, 0.2) is 0 Å². The van der Waals surface area contributed by atoms with E-state index in [1.807, 2.05) is 0 Å². The second-order valence-electron chi connectivity index (χ2n) is 7.50. The maximum Gasteiger partial charge on any atom is 0.315 e. The van der Waals surface area contributed by atoms with Crippen LogP contribution in [0.5, 0.6) is 0 Å². The lowest BCUT2D eigenvalue weighted by Gasteiger charge is -2.30. The minimum Gasteiger partial charge on any atom is -0.393 e. The average molecular weight is 294 g/mol. The van der Waals surface area contributed by atoms with Gasteiger partial charge in [0.15, 0.2) is 0 Å². The molecular formula is C17H30N2O2. The molecule has 3 fully saturated rings. The summed E-state index contributed by atoms with van der Waals surface area (Å²) in [5.74, 6) is 2.27. The van der Waals surface area contributed by atoms with Gasteiger partial charge in [0, 0.05) is 12.6 Å². The molecule has 3 rings (SSSR count). The summed E-state index contributed by atoms with van der Waals surface area (Å²) in [5.41, 5.74) is 0. The molecule has 0 bridgehead atoms. The molecular weight excluding hydrogens is 264 g/mol. The fourth-order valence-corrected chi connectivity index (χ4v) is 4.28. The van der Waals surface area contributed by atoms with Crippen LogP contribution in [0.4, 0.5) is 4.79 Å². The van der Waals surface area contributed by atoms with Crippen LogP contribution in [0.2, 0.25) is 0 Å². The molecule has 120 valence electrons. The van der Waals surface area contributed by atoms with Crippen molar-refractivity contribution in [3.05, 3.63) is 0 Å². The molecule has 0 spiro atoms. The van der Waals surface area contributed by atoms with Crippen LogP contribution in [0.3, 0.4) is 0 Å². The van der Waals surface area contributed by atoms with Gasteiger partial charge in [0.25, 0.3) is 0 Å². The zero-order valence-corrected chi connectivity index (χ0v) is 13.0. The van der Waals surface area contributed by atoms with E-state index >= 15 is 0 Å².